The number of carbonyl (C=O) groups excluding carboxylic acids is 1. The van der Waals surface area contributed by atoms with E-state index in [1.807, 2.05) is 0 Å². The molecule has 0 aliphatic carbocycles. The Bertz CT molecular complexity index is 1250. The Morgan fingerprint density at radius 1 is 1.12 bits per heavy atom. The van der Waals surface area contributed by atoms with Gasteiger partial charge in [-0.3, -0.25) is 9.52 Å². The zero-order chi connectivity index (χ0) is 24.4. The Morgan fingerprint density at radius 2 is 1.79 bits per heavy atom. The van der Waals surface area contributed by atoms with E-state index in [4.69, 9.17) is 4.42 Å². The molecule has 1 aromatic heterocycles. The van der Waals surface area contributed by atoms with Crippen molar-refractivity contribution >= 4 is 21.6 Å². The van der Waals surface area contributed by atoms with E-state index in [0.29, 0.717) is 22.7 Å². The molecule has 0 unspecified atom stereocenters. The third-order valence-corrected chi connectivity index (χ3v) is 6.54. The van der Waals surface area contributed by atoms with Crippen molar-refractivity contribution in [2.75, 3.05) is 4.72 Å². The number of sulfonamides is 1. The summed E-state index contributed by atoms with van der Waals surface area (Å²) < 4.78 is 70.3. The molecule has 2 aromatic carbocycles. The number of hydrogen-bond acceptors (Lipinski definition) is 5. The summed E-state index contributed by atoms with van der Waals surface area (Å²) in [6.07, 6.45) is -4.48. The predicted molar refractivity (Wildman–Crippen MR) is 117 cm³/mol. The van der Waals surface area contributed by atoms with Gasteiger partial charge < -0.3 is 9.73 Å². The molecule has 2 N–H and O–H groups in total. The number of nitrogens with zero attached hydrogens (tertiary/aromatic N) is 1. The van der Waals surface area contributed by atoms with Crippen LogP contribution in [0, 0.1) is 6.92 Å². The normalized spacial score (nSPS) is 12.1. The van der Waals surface area contributed by atoms with Crippen molar-refractivity contribution in [1.29, 1.82) is 0 Å². The van der Waals surface area contributed by atoms with Gasteiger partial charge in [-0.1, -0.05) is 6.07 Å². The van der Waals surface area contributed by atoms with E-state index >= 15 is 0 Å². The lowest BCUT2D eigenvalue weighted by molar-refractivity contribution is -0.137. The number of halogens is 3. The van der Waals surface area contributed by atoms with Gasteiger partial charge >= 0.3 is 6.18 Å². The summed E-state index contributed by atoms with van der Waals surface area (Å²) >= 11 is 0. The van der Waals surface area contributed by atoms with Crippen molar-refractivity contribution in [2.45, 2.75) is 38.7 Å². The quantitative estimate of drug-likeness (QED) is 0.507. The van der Waals surface area contributed by atoms with Gasteiger partial charge in [0.05, 0.1) is 17.4 Å². The van der Waals surface area contributed by atoms with Crippen LogP contribution in [0.2, 0.25) is 0 Å². The molecule has 0 aliphatic rings. The molecular weight excluding hydrogens is 459 g/mol. The summed E-state index contributed by atoms with van der Waals surface area (Å²) in [5.41, 5.74) is 0.554. The number of amides is 1. The van der Waals surface area contributed by atoms with E-state index in [1.165, 1.54) is 0 Å². The predicted octanol–water partition coefficient (Wildman–Crippen LogP) is 4.75. The van der Waals surface area contributed by atoms with Gasteiger partial charge in [0.15, 0.2) is 0 Å². The van der Waals surface area contributed by atoms with Crippen molar-refractivity contribution in [1.82, 2.24) is 10.3 Å². The molecule has 7 nitrogen and oxygen atoms in total. The number of benzene rings is 2. The van der Waals surface area contributed by atoms with E-state index in [-0.39, 0.29) is 18.0 Å². The Balaban J connectivity index is 1.71. The molecule has 176 valence electrons. The Hall–Kier alpha value is -3.34. The first-order valence-corrected chi connectivity index (χ1v) is 11.5. The highest BCUT2D eigenvalue weighted by Crippen LogP contribution is 2.29. The van der Waals surface area contributed by atoms with Gasteiger partial charge in [-0.25, -0.2) is 13.4 Å². The SMILES string of the molecule is Cc1oc(-c2cccc(NS(=O)(=O)C(C)C)c2)nc1CNC(=O)c1ccc(C(F)(F)F)cc1. The van der Waals surface area contributed by atoms with E-state index in [0.717, 1.165) is 24.3 Å². The zero-order valence-corrected chi connectivity index (χ0v) is 18.8. The molecule has 1 amide bonds. The number of oxazole rings is 1. The number of alkyl halides is 3. The van der Waals surface area contributed by atoms with Crippen LogP contribution in [0.25, 0.3) is 11.5 Å². The lowest BCUT2D eigenvalue weighted by Gasteiger charge is -2.11. The van der Waals surface area contributed by atoms with Crippen molar-refractivity contribution < 1.29 is 30.8 Å². The van der Waals surface area contributed by atoms with Gasteiger partial charge in [0, 0.05) is 16.8 Å². The summed E-state index contributed by atoms with van der Waals surface area (Å²) in [6.45, 7) is 4.78. The summed E-state index contributed by atoms with van der Waals surface area (Å²) in [5, 5.41) is 1.99. The van der Waals surface area contributed by atoms with Crippen LogP contribution in [0.15, 0.2) is 52.9 Å². The largest absolute Gasteiger partial charge is 0.441 e. The molecule has 0 radical (unpaired) electrons. The molecule has 0 bridgehead atoms. The lowest BCUT2D eigenvalue weighted by atomic mass is 10.1. The topological polar surface area (TPSA) is 101 Å². The molecule has 0 atom stereocenters. The first-order valence-electron chi connectivity index (χ1n) is 9.90. The van der Waals surface area contributed by atoms with Gasteiger partial charge in [-0.05, 0) is 63.2 Å². The molecule has 11 heteroatoms. The molecule has 0 saturated carbocycles. The molecule has 33 heavy (non-hydrogen) atoms. The number of anilines is 1. The first-order chi connectivity index (χ1) is 15.4. The molecule has 3 rings (SSSR count). The fourth-order valence-corrected chi connectivity index (χ4v) is 3.48. The van der Waals surface area contributed by atoms with E-state index in [1.54, 1.807) is 45.0 Å². The van der Waals surface area contributed by atoms with Crippen LogP contribution in [0.3, 0.4) is 0 Å². The molecule has 0 spiro atoms. The number of carbonyl (C=O) groups is 1. The maximum Gasteiger partial charge on any atom is 0.416 e. The molecular formula is C22H22F3N3O4S. The summed E-state index contributed by atoms with van der Waals surface area (Å²) in [4.78, 5) is 16.6. The summed E-state index contributed by atoms with van der Waals surface area (Å²) in [6, 6.07) is 10.4. The fraction of sp³-hybridized carbons (Fsp3) is 0.273. The van der Waals surface area contributed by atoms with Crippen LogP contribution in [-0.4, -0.2) is 24.6 Å². The van der Waals surface area contributed by atoms with E-state index in [2.05, 4.69) is 15.0 Å². The lowest BCUT2D eigenvalue weighted by Crippen LogP contribution is -2.23. The monoisotopic (exact) mass is 481 g/mol. The highest BCUT2D eigenvalue weighted by Gasteiger charge is 2.30. The average Bonchev–Trinajstić information content (AvgIpc) is 3.12. The second-order valence-corrected chi connectivity index (χ2v) is 9.79. The van der Waals surface area contributed by atoms with Crippen LogP contribution in [0.1, 0.15) is 41.2 Å². The average molecular weight is 481 g/mol. The highest BCUT2D eigenvalue weighted by molar-refractivity contribution is 7.93. The summed E-state index contributed by atoms with van der Waals surface area (Å²) in [5.74, 6) is 0.112. The van der Waals surface area contributed by atoms with Gasteiger partial charge in [-0.15, -0.1) is 0 Å². The van der Waals surface area contributed by atoms with E-state index < -0.39 is 32.9 Å². The first kappa shape index (κ1) is 24.3. The van der Waals surface area contributed by atoms with Crippen molar-refractivity contribution in [3.8, 4) is 11.5 Å². The van der Waals surface area contributed by atoms with Crippen LogP contribution in [-0.2, 0) is 22.7 Å². The van der Waals surface area contributed by atoms with Crippen molar-refractivity contribution in [3.63, 3.8) is 0 Å². The van der Waals surface area contributed by atoms with Gasteiger partial charge in [-0.2, -0.15) is 13.2 Å². The minimum absolute atomic E-state index is 0.00510. The van der Waals surface area contributed by atoms with Crippen LogP contribution in [0.4, 0.5) is 18.9 Å². The molecule has 1 heterocycles. The number of rotatable bonds is 7. The van der Waals surface area contributed by atoms with Gasteiger partial charge in [0.1, 0.15) is 11.5 Å². The second kappa shape index (κ2) is 9.26. The third kappa shape index (κ3) is 5.92. The minimum Gasteiger partial charge on any atom is -0.441 e. The van der Waals surface area contributed by atoms with Crippen molar-refractivity contribution in [3.05, 3.63) is 71.1 Å². The Labute approximate surface area is 189 Å². The van der Waals surface area contributed by atoms with Crippen molar-refractivity contribution in [2.24, 2.45) is 0 Å². The summed E-state index contributed by atoms with van der Waals surface area (Å²) in [7, 11) is -3.52. The number of hydrogen-bond donors (Lipinski definition) is 2. The number of aromatic nitrogens is 1. The third-order valence-electron chi connectivity index (χ3n) is 4.77. The van der Waals surface area contributed by atoms with Crippen LogP contribution in [0.5, 0.6) is 0 Å². The van der Waals surface area contributed by atoms with Gasteiger partial charge in [0.25, 0.3) is 5.91 Å². The van der Waals surface area contributed by atoms with Crippen LogP contribution >= 0.6 is 0 Å². The molecule has 0 aliphatic heterocycles. The Morgan fingerprint density at radius 3 is 2.39 bits per heavy atom. The fourth-order valence-electron chi connectivity index (χ4n) is 2.79. The minimum atomic E-state index is -4.48. The maximum absolute atomic E-state index is 12.7. The highest BCUT2D eigenvalue weighted by atomic mass is 32.2. The standard InChI is InChI=1S/C22H22F3N3O4S/c1-13(2)33(30,31)28-18-6-4-5-16(11-18)21-27-19(14(3)32-21)12-26-20(29)15-7-9-17(10-8-15)22(23,24)25/h4-11,13,28H,12H2,1-3H3,(H,26,29). The zero-order valence-electron chi connectivity index (χ0n) is 18.0. The van der Waals surface area contributed by atoms with E-state index in [9.17, 15) is 26.4 Å². The maximum atomic E-state index is 12.7. The molecule has 3 aromatic rings. The smallest absolute Gasteiger partial charge is 0.416 e. The van der Waals surface area contributed by atoms with Crippen LogP contribution < -0.4 is 10.0 Å². The van der Waals surface area contributed by atoms with Gasteiger partial charge in [0.2, 0.25) is 15.9 Å². The Kier molecular flexibility index (Phi) is 6.82. The second-order valence-electron chi connectivity index (χ2n) is 7.56. The molecule has 0 fully saturated rings. The number of nitrogens with one attached hydrogen (secondary N) is 2. The molecule has 0 saturated heterocycles. The number of aryl methyl sites for hydroxylation is 1.